The highest BCUT2D eigenvalue weighted by Crippen LogP contribution is 2.31. The molecule has 1 aliphatic rings. The average Bonchev–Trinajstić information content (AvgIpc) is 2.61. The van der Waals surface area contributed by atoms with Crippen LogP contribution in [0.1, 0.15) is 30.5 Å². The summed E-state index contributed by atoms with van der Waals surface area (Å²) in [5.41, 5.74) is 3.36. The standard InChI is InChI=1S/C20H24N2O2/c1-3-22(18-10-6-4-8-15(18)2)14-20(23)21-17-12-13-24-19-11-7-5-9-16(17)19/h4-11,17H,3,12-14H2,1-2H3,(H,21,23). The second-order valence-corrected chi connectivity index (χ2v) is 6.10. The topological polar surface area (TPSA) is 41.6 Å². The first-order chi connectivity index (χ1) is 11.7. The predicted molar refractivity (Wildman–Crippen MR) is 96.5 cm³/mol. The Morgan fingerprint density at radius 2 is 1.96 bits per heavy atom. The van der Waals surface area contributed by atoms with E-state index in [0.717, 1.165) is 30.0 Å². The third-order valence-electron chi connectivity index (χ3n) is 4.47. The van der Waals surface area contributed by atoms with Crippen LogP contribution < -0.4 is 15.0 Å². The fourth-order valence-electron chi connectivity index (χ4n) is 3.19. The molecule has 1 atom stereocenters. The number of aryl methyl sites for hydroxylation is 1. The SMILES string of the molecule is CCN(CC(=O)NC1CCOc2ccccc21)c1ccccc1C. The maximum Gasteiger partial charge on any atom is 0.240 e. The van der Waals surface area contributed by atoms with Crippen molar-refractivity contribution in [2.75, 3.05) is 24.6 Å². The molecule has 2 aromatic carbocycles. The zero-order valence-electron chi connectivity index (χ0n) is 14.3. The molecule has 0 aromatic heterocycles. The Balaban J connectivity index is 1.69. The summed E-state index contributed by atoms with van der Waals surface area (Å²) >= 11 is 0. The molecule has 0 radical (unpaired) electrons. The van der Waals surface area contributed by atoms with Gasteiger partial charge >= 0.3 is 0 Å². The van der Waals surface area contributed by atoms with Gasteiger partial charge in [0.05, 0.1) is 19.2 Å². The molecule has 0 saturated heterocycles. The zero-order chi connectivity index (χ0) is 16.9. The number of para-hydroxylation sites is 2. The number of carbonyl (C=O) groups excluding carboxylic acids is 1. The van der Waals surface area contributed by atoms with Gasteiger partial charge in [0.2, 0.25) is 5.91 Å². The van der Waals surface area contributed by atoms with E-state index in [1.54, 1.807) is 0 Å². The lowest BCUT2D eigenvalue weighted by atomic mass is 10.0. The summed E-state index contributed by atoms with van der Waals surface area (Å²) < 4.78 is 5.66. The van der Waals surface area contributed by atoms with E-state index in [4.69, 9.17) is 4.74 Å². The van der Waals surface area contributed by atoms with E-state index < -0.39 is 0 Å². The van der Waals surface area contributed by atoms with Crippen molar-refractivity contribution in [1.29, 1.82) is 0 Å². The van der Waals surface area contributed by atoms with Crippen molar-refractivity contribution in [3.05, 3.63) is 59.7 Å². The fourth-order valence-corrected chi connectivity index (χ4v) is 3.19. The van der Waals surface area contributed by atoms with Gasteiger partial charge in [-0.05, 0) is 31.5 Å². The number of benzene rings is 2. The number of amides is 1. The number of hydrogen-bond donors (Lipinski definition) is 1. The number of rotatable bonds is 5. The van der Waals surface area contributed by atoms with Crippen molar-refractivity contribution >= 4 is 11.6 Å². The van der Waals surface area contributed by atoms with Gasteiger partial charge in [0.15, 0.2) is 0 Å². The third kappa shape index (κ3) is 3.53. The quantitative estimate of drug-likeness (QED) is 0.916. The molecular weight excluding hydrogens is 300 g/mol. The molecule has 24 heavy (non-hydrogen) atoms. The summed E-state index contributed by atoms with van der Waals surface area (Å²) in [6.07, 6.45) is 0.805. The molecule has 2 aromatic rings. The van der Waals surface area contributed by atoms with Gasteiger partial charge < -0.3 is 15.0 Å². The van der Waals surface area contributed by atoms with Gasteiger partial charge in [-0.15, -0.1) is 0 Å². The van der Waals surface area contributed by atoms with Crippen LogP contribution in [0.4, 0.5) is 5.69 Å². The van der Waals surface area contributed by atoms with Crippen LogP contribution in [0, 0.1) is 6.92 Å². The van der Waals surface area contributed by atoms with Gasteiger partial charge in [-0.3, -0.25) is 4.79 Å². The summed E-state index contributed by atoms with van der Waals surface area (Å²) in [5, 5.41) is 3.17. The summed E-state index contributed by atoms with van der Waals surface area (Å²) in [7, 11) is 0. The first-order valence-corrected chi connectivity index (χ1v) is 8.50. The normalized spacial score (nSPS) is 16.0. The smallest absolute Gasteiger partial charge is 0.240 e. The van der Waals surface area contributed by atoms with Crippen LogP contribution in [-0.4, -0.2) is 25.6 Å². The van der Waals surface area contributed by atoms with Crippen molar-refractivity contribution in [2.45, 2.75) is 26.3 Å². The number of anilines is 1. The highest BCUT2D eigenvalue weighted by atomic mass is 16.5. The summed E-state index contributed by atoms with van der Waals surface area (Å²) in [4.78, 5) is 14.7. The van der Waals surface area contributed by atoms with Crippen molar-refractivity contribution in [3.63, 3.8) is 0 Å². The van der Waals surface area contributed by atoms with Crippen LogP contribution in [0.15, 0.2) is 48.5 Å². The monoisotopic (exact) mass is 324 g/mol. The average molecular weight is 324 g/mol. The second kappa shape index (κ2) is 7.39. The Morgan fingerprint density at radius 3 is 2.75 bits per heavy atom. The number of ether oxygens (including phenoxy) is 1. The molecule has 1 heterocycles. The van der Waals surface area contributed by atoms with E-state index in [2.05, 4.69) is 36.2 Å². The van der Waals surface area contributed by atoms with Crippen LogP contribution in [0.25, 0.3) is 0 Å². The van der Waals surface area contributed by atoms with Crippen molar-refractivity contribution in [3.8, 4) is 5.75 Å². The third-order valence-corrected chi connectivity index (χ3v) is 4.47. The predicted octanol–water partition coefficient (Wildman–Crippen LogP) is 3.46. The molecule has 1 unspecified atom stereocenters. The van der Waals surface area contributed by atoms with Crippen molar-refractivity contribution in [1.82, 2.24) is 5.32 Å². The summed E-state index contributed by atoms with van der Waals surface area (Å²) in [5.74, 6) is 0.919. The molecule has 126 valence electrons. The van der Waals surface area contributed by atoms with Gasteiger partial charge in [-0.1, -0.05) is 36.4 Å². The van der Waals surface area contributed by atoms with Crippen LogP contribution >= 0.6 is 0 Å². The molecule has 0 aliphatic carbocycles. The first kappa shape index (κ1) is 16.4. The molecule has 1 aliphatic heterocycles. The molecule has 4 heteroatoms. The number of hydrogen-bond acceptors (Lipinski definition) is 3. The van der Waals surface area contributed by atoms with Gasteiger partial charge in [-0.25, -0.2) is 0 Å². The van der Waals surface area contributed by atoms with Crippen LogP contribution in [0.2, 0.25) is 0 Å². The van der Waals surface area contributed by atoms with Gasteiger partial charge in [0.1, 0.15) is 5.75 Å². The lowest BCUT2D eigenvalue weighted by molar-refractivity contribution is -0.120. The molecule has 0 fully saturated rings. The van der Waals surface area contributed by atoms with Crippen molar-refractivity contribution < 1.29 is 9.53 Å². The Morgan fingerprint density at radius 1 is 1.21 bits per heavy atom. The lowest BCUT2D eigenvalue weighted by Gasteiger charge is -2.29. The maximum absolute atomic E-state index is 12.6. The minimum Gasteiger partial charge on any atom is -0.493 e. The highest BCUT2D eigenvalue weighted by Gasteiger charge is 2.23. The van der Waals surface area contributed by atoms with Crippen LogP contribution in [-0.2, 0) is 4.79 Å². The Labute approximate surface area is 143 Å². The van der Waals surface area contributed by atoms with Gasteiger partial charge in [0, 0.05) is 24.2 Å². The number of nitrogens with one attached hydrogen (secondary N) is 1. The van der Waals surface area contributed by atoms with E-state index in [0.29, 0.717) is 13.2 Å². The second-order valence-electron chi connectivity index (χ2n) is 6.10. The van der Waals surface area contributed by atoms with E-state index in [1.165, 1.54) is 5.56 Å². The molecule has 0 bridgehead atoms. The minimum atomic E-state index is 0.0260. The Hall–Kier alpha value is -2.49. The molecule has 4 nitrogen and oxygen atoms in total. The van der Waals surface area contributed by atoms with E-state index in [9.17, 15) is 4.79 Å². The number of likely N-dealkylation sites (N-methyl/N-ethyl adjacent to an activating group) is 1. The molecule has 1 amide bonds. The molecule has 0 saturated carbocycles. The highest BCUT2D eigenvalue weighted by molar-refractivity contribution is 5.82. The van der Waals surface area contributed by atoms with E-state index >= 15 is 0 Å². The van der Waals surface area contributed by atoms with E-state index in [-0.39, 0.29) is 11.9 Å². The number of nitrogens with zero attached hydrogens (tertiary/aromatic N) is 1. The number of carbonyl (C=O) groups is 1. The van der Waals surface area contributed by atoms with E-state index in [1.807, 2.05) is 36.4 Å². The number of fused-ring (bicyclic) bond motifs is 1. The minimum absolute atomic E-state index is 0.0260. The maximum atomic E-state index is 12.6. The van der Waals surface area contributed by atoms with Crippen molar-refractivity contribution in [2.24, 2.45) is 0 Å². The van der Waals surface area contributed by atoms with Crippen LogP contribution in [0.3, 0.4) is 0 Å². The molecule has 3 rings (SSSR count). The zero-order valence-corrected chi connectivity index (χ0v) is 14.3. The molecule has 0 spiro atoms. The lowest BCUT2D eigenvalue weighted by Crippen LogP contribution is -2.40. The van der Waals surface area contributed by atoms with Gasteiger partial charge in [-0.2, -0.15) is 0 Å². The first-order valence-electron chi connectivity index (χ1n) is 8.50. The largest absolute Gasteiger partial charge is 0.493 e. The Kier molecular flexibility index (Phi) is 5.04. The Bertz CT molecular complexity index is 708. The summed E-state index contributed by atoms with van der Waals surface area (Å²) in [6.45, 7) is 5.94. The van der Waals surface area contributed by atoms with Crippen LogP contribution in [0.5, 0.6) is 5.75 Å². The summed E-state index contributed by atoms with van der Waals surface area (Å²) in [6, 6.07) is 16.1. The molecular formula is C20H24N2O2. The van der Waals surface area contributed by atoms with Gasteiger partial charge in [0.25, 0.3) is 0 Å². The fraction of sp³-hybridized carbons (Fsp3) is 0.350. The molecule has 1 N–H and O–H groups in total.